The molecule has 0 radical (unpaired) electrons. The van der Waals surface area contributed by atoms with Crippen LogP contribution in [0.1, 0.15) is 47.7 Å². The van der Waals surface area contributed by atoms with E-state index in [2.05, 4.69) is 15.4 Å². The monoisotopic (exact) mass is 453 g/mol. The number of sulfonamides is 1. The zero-order valence-corrected chi connectivity index (χ0v) is 19.0. The minimum absolute atomic E-state index is 0.0344. The van der Waals surface area contributed by atoms with E-state index in [1.54, 1.807) is 27.4 Å². The van der Waals surface area contributed by atoms with Gasteiger partial charge < -0.3 is 5.32 Å². The molecule has 1 aliphatic rings. The Labute approximate surface area is 188 Å². The van der Waals surface area contributed by atoms with Gasteiger partial charge in [0.15, 0.2) is 0 Å². The largest absolute Gasteiger partial charge is 0.348 e. The fourth-order valence-corrected chi connectivity index (χ4v) is 5.68. The lowest BCUT2D eigenvalue weighted by molar-refractivity contribution is 0.0950. The van der Waals surface area contributed by atoms with Crippen LogP contribution in [-0.4, -0.2) is 46.0 Å². The summed E-state index contributed by atoms with van der Waals surface area (Å²) in [5, 5.41) is 6.98. The molecule has 32 heavy (non-hydrogen) atoms. The molecule has 1 N–H and O–H groups in total. The van der Waals surface area contributed by atoms with Gasteiger partial charge in [-0.3, -0.25) is 4.79 Å². The van der Waals surface area contributed by atoms with Crippen molar-refractivity contribution < 1.29 is 13.2 Å². The van der Waals surface area contributed by atoms with Crippen LogP contribution in [0.2, 0.25) is 0 Å². The molecule has 1 saturated heterocycles. The summed E-state index contributed by atoms with van der Waals surface area (Å²) in [5.74, 6) is -0.299. The van der Waals surface area contributed by atoms with Gasteiger partial charge in [-0.15, -0.1) is 0 Å². The highest BCUT2D eigenvalue weighted by Gasteiger charge is 2.31. The zero-order chi connectivity index (χ0) is 22.7. The van der Waals surface area contributed by atoms with Gasteiger partial charge in [0, 0.05) is 24.7 Å². The first-order chi connectivity index (χ1) is 15.4. The standard InChI is InChI=1S/C23H27N5O3S/c1-17-6-11-21(32(30,31)28-12-4-3-5-18(28)2)13-22(17)23(29)25-14-19-7-9-20(10-8-19)27-16-24-15-26-27/h6-11,13,15-16,18H,3-5,12,14H2,1-2H3,(H,25,29). The number of hydrogen-bond acceptors (Lipinski definition) is 5. The molecule has 1 unspecified atom stereocenters. The molecule has 1 aromatic heterocycles. The smallest absolute Gasteiger partial charge is 0.251 e. The Bertz CT molecular complexity index is 1190. The third-order valence-electron chi connectivity index (χ3n) is 5.87. The lowest BCUT2D eigenvalue weighted by atomic mass is 10.1. The van der Waals surface area contributed by atoms with E-state index in [0.29, 0.717) is 18.7 Å². The molecule has 9 heteroatoms. The van der Waals surface area contributed by atoms with Gasteiger partial charge in [-0.25, -0.2) is 18.1 Å². The Morgan fingerprint density at radius 2 is 1.94 bits per heavy atom. The third-order valence-corrected chi connectivity index (χ3v) is 7.88. The van der Waals surface area contributed by atoms with Crippen LogP contribution in [0.15, 0.2) is 60.0 Å². The maximum atomic E-state index is 13.2. The fourth-order valence-electron chi connectivity index (χ4n) is 3.96. The maximum absolute atomic E-state index is 13.2. The second kappa shape index (κ2) is 9.22. The summed E-state index contributed by atoms with van der Waals surface area (Å²) in [6, 6.07) is 12.4. The molecular weight excluding hydrogens is 426 g/mol. The second-order valence-corrected chi connectivity index (χ2v) is 10.0. The van der Waals surface area contributed by atoms with Gasteiger partial charge >= 0.3 is 0 Å². The number of benzene rings is 2. The topological polar surface area (TPSA) is 97.2 Å². The molecular formula is C23H27N5O3S. The van der Waals surface area contributed by atoms with Crippen molar-refractivity contribution in [1.29, 1.82) is 0 Å². The first kappa shape index (κ1) is 22.2. The van der Waals surface area contributed by atoms with E-state index in [1.807, 2.05) is 38.1 Å². The molecule has 4 rings (SSSR count). The van der Waals surface area contributed by atoms with Gasteiger partial charge in [0.2, 0.25) is 10.0 Å². The van der Waals surface area contributed by atoms with Crippen LogP contribution in [0.25, 0.3) is 5.69 Å². The molecule has 1 amide bonds. The number of aryl methyl sites for hydroxylation is 1. The lowest BCUT2D eigenvalue weighted by Crippen LogP contribution is -2.42. The molecule has 3 aromatic rings. The maximum Gasteiger partial charge on any atom is 0.251 e. The summed E-state index contributed by atoms with van der Waals surface area (Å²) >= 11 is 0. The van der Waals surface area contributed by atoms with Crippen molar-refractivity contribution in [2.24, 2.45) is 0 Å². The SMILES string of the molecule is Cc1ccc(S(=O)(=O)N2CCCCC2C)cc1C(=O)NCc1ccc(-n2cncn2)cc1. The minimum Gasteiger partial charge on any atom is -0.348 e. The predicted octanol–water partition coefficient (Wildman–Crippen LogP) is 3.07. The molecule has 0 aliphatic carbocycles. The van der Waals surface area contributed by atoms with Gasteiger partial charge in [0.25, 0.3) is 5.91 Å². The summed E-state index contributed by atoms with van der Waals surface area (Å²) in [4.78, 5) is 17.0. The fraction of sp³-hybridized carbons (Fsp3) is 0.348. The number of carbonyl (C=O) groups is 1. The van der Waals surface area contributed by atoms with E-state index < -0.39 is 10.0 Å². The highest BCUT2D eigenvalue weighted by molar-refractivity contribution is 7.89. The molecule has 168 valence electrons. The third kappa shape index (κ3) is 4.58. The predicted molar refractivity (Wildman–Crippen MR) is 121 cm³/mol. The first-order valence-corrected chi connectivity index (χ1v) is 12.1. The number of nitrogens with zero attached hydrogens (tertiary/aromatic N) is 4. The van der Waals surface area contributed by atoms with Gasteiger partial charge in [-0.1, -0.05) is 24.6 Å². The van der Waals surface area contributed by atoms with Crippen molar-refractivity contribution >= 4 is 15.9 Å². The van der Waals surface area contributed by atoms with Crippen LogP contribution in [0.5, 0.6) is 0 Å². The highest BCUT2D eigenvalue weighted by atomic mass is 32.2. The molecule has 0 spiro atoms. The van der Waals surface area contributed by atoms with Crippen molar-refractivity contribution in [3.63, 3.8) is 0 Å². The first-order valence-electron chi connectivity index (χ1n) is 10.7. The number of rotatable bonds is 6. The van der Waals surface area contributed by atoms with Crippen molar-refractivity contribution in [3.05, 3.63) is 71.8 Å². The summed E-state index contributed by atoms with van der Waals surface area (Å²) in [6.45, 7) is 4.59. The molecule has 2 aromatic carbocycles. The van der Waals surface area contributed by atoms with Gasteiger partial charge in [-0.05, 0) is 62.1 Å². The summed E-state index contributed by atoms with van der Waals surface area (Å²) in [6.07, 6.45) is 5.84. The van der Waals surface area contributed by atoms with Crippen LogP contribution in [0.3, 0.4) is 0 Å². The quantitative estimate of drug-likeness (QED) is 0.619. The Hall–Kier alpha value is -3.04. The number of hydrogen-bond donors (Lipinski definition) is 1. The molecule has 0 bridgehead atoms. The van der Waals surface area contributed by atoms with Gasteiger partial charge in [-0.2, -0.15) is 9.40 Å². The van der Waals surface area contributed by atoms with Gasteiger partial charge in [0.05, 0.1) is 10.6 Å². The highest BCUT2D eigenvalue weighted by Crippen LogP contribution is 2.26. The Kier molecular flexibility index (Phi) is 6.38. The average Bonchev–Trinajstić information content (AvgIpc) is 3.33. The molecule has 1 fully saturated rings. The molecule has 2 heterocycles. The molecule has 1 atom stereocenters. The van der Waals surface area contributed by atoms with Crippen LogP contribution < -0.4 is 5.32 Å². The summed E-state index contributed by atoms with van der Waals surface area (Å²) in [7, 11) is -3.64. The van der Waals surface area contributed by atoms with Crippen LogP contribution in [-0.2, 0) is 16.6 Å². The Balaban J connectivity index is 1.48. The number of piperidine rings is 1. The molecule has 0 saturated carbocycles. The van der Waals surface area contributed by atoms with Crippen molar-refractivity contribution in [1.82, 2.24) is 24.4 Å². The number of carbonyl (C=O) groups excluding carboxylic acids is 1. The zero-order valence-electron chi connectivity index (χ0n) is 18.2. The van der Waals surface area contributed by atoms with Gasteiger partial charge in [0.1, 0.15) is 12.7 Å². The minimum atomic E-state index is -3.64. The normalized spacial score (nSPS) is 17.2. The van der Waals surface area contributed by atoms with E-state index in [9.17, 15) is 13.2 Å². The summed E-state index contributed by atoms with van der Waals surface area (Å²) < 4.78 is 29.6. The van der Waals surface area contributed by atoms with E-state index in [-0.39, 0.29) is 16.8 Å². The lowest BCUT2D eigenvalue weighted by Gasteiger charge is -2.32. The Morgan fingerprint density at radius 1 is 1.16 bits per heavy atom. The number of amides is 1. The molecule has 8 nitrogen and oxygen atoms in total. The number of aromatic nitrogens is 3. The van der Waals surface area contributed by atoms with E-state index in [4.69, 9.17) is 0 Å². The van der Waals surface area contributed by atoms with Crippen LogP contribution >= 0.6 is 0 Å². The summed E-state index contributed by atoms with van der Waals surface area (Å²) in [5.41, 5.74) is 2.90. The van der Waals surface area contributed by atoms with E-state index >= 15 is 0 Å². The van der Waals surface area contributed by atoms with Crippen molar-refractivity contribution in [3.8, 4) is 5.69 Å². The van der Waals surface area contributed by atoms with E-state index in [0.717, 1.165) is 36.1 Å². The second-order valence-electron chi connectivity index (χ2n) is 8.13. The van der Waals surface area contributed by atoms with Crippen molar-refractivity contribution in [2.75, 3.05) is 6.54 Å². The Morgan fingerprint density at radius 3 is 2.62 bits per heavy atom. The van der Waals surface area contributed by atoms with Crippen molar-refractivity contribution in [2.45, 2.75) is 50.6 Å². The average molecular weight is 454 g/mol. The van der Waals surface area contributed by atoms with E-state index in [1.165, 1.54) is 12.4 Å². The van der Waals surface area contributed by atoms with Crippen LogP contribution in [0, 0.1) is 6.92 Å². The number of nitrogens with one attached hydrogen (secondary N) is 1. The molecule has 1 aliphatic heterocycles. The van der Waals surface area contributed by atoms with Crippen LogP contribution in [0.4, 0.5) is 0 Å².